The van der Waals surface area contributed by atoms with E-state index in [1.165, 1.54) is 4.90 Å². The Kier molecular flexibility index (Phi) is 7.42. The molecule has 6 heteroatoms. The van der Waals surface area contributed by atoms with E-state index in [1.54, 1.807) is 0 Å². The van der Waals surface area contributed by atoms with Crippen LogP contribution in [0.3, 0.4) is 0 Å². The first kappa shape index (κ1) is 17.1. The van der Waals surface area contributed by atoms with Gasteiger partial charge in [0.1, 0.15) is 0 Å². The van der Waals surface area contributed by atoms with E-state index in [1.807, 2.05) is 49.3 Å². The van der Waals surface area contributed by atoms with E-state index in [0.29, 0.717) is 19.6 Å². The Hall–Kier alpha value is -1.92. The summed E-state index contributed by atoms with van der Waals surface area (Å²) in [5.41, 5.74) is 0.917. The highest BCUT2D eigenvalue weighted by Crippen LogP contribution is 2.04. The van der Waals surface area contributed by atoms with Gasteiger partial charge in [0.15, 0.2) is 0 Å². The third kappa shape index (κ3) is 6.37. The number of aliphatic hydroxyl groups excluding tert-OH is 1. The maximum absolute atomic E-state index is 12.1. The van der Waals surface area contributed by atoms with Gasteiger partial charge in [-0.2, -0.15) is 0 Å². The standard InChI is InChI=1S/C15H23N3O3/c1-17(2)9-8-16-14(20)15(21)18(10-11-19)12-13-6-4-3-5-7-13/h3-7,19H,8-12H2,1-2H3,(H,16,20). The quantitative estimate of drug-likeness (QED) is 0.676. The number of rotatable bonds is 7. The van der Waals surface area contributed by atoms with E-state index in [-0.39, 0.29) is 13.2 Å². The molecular formula is C15H23N3O3. The van der Waals surface area contributed by atoms with Crippen molar-refractivity contribution in [3.63, 3.8) is 0 Å². The number of nitrogens with one attached hydrogen (secondary N) is 1. The first-order valence-corrected chi connectivity index (χ1v) is 6.91. The summed E-state index contributed by atoms with van der Waals surface area (Å²) in [5, 5.41) is 11.6. The first-order chi connectivity index (χ1) is 10.0. The molecule has 21 heavy (non-hydrogen) atoms. The van der Waals surface area contributed by atoms with Gasteiger partial charge in [0, 0.05) is 26.2 Å². The third-order valence-electron chi connectivity index (χ3n) is 2.91. The van der Waals surface area contributed by atoms with Crippen LogP contribution in [0.1, 0.15) is 5.56 Å². The van der Waals surface area contributed by atoms with Gasteiger partial charge in [-0.15, -0.1) is 0 Å². The van der Waals surface area contributed by atoms with Crippen molar-refractivity contribution >= 4 is 11.8 Å². The summed E-state index contributed by atoms with van der Waals surface area (Å²) >= 11 is 0. The van der Waals surface area contributed by atoms with Gasteiger partial charge in [-0.05, 0) is 19.7 Å². The lowest BCUT2D eigenvalue weighted by Crippen LogP contribution is -2.45. The highest BCUT2D eigenvalue weighted by molar-refractivity contribution is 6.34. The van der Waals surface area contributed by atoms with Crippen LogP contribution in [0, 0.1) is 0 Å². The molecule has 0 saturated carbocycles. The molecule has 1 aromatic carbocycles. The van der Waals surface area contributed by atoms with Gasteiger partial charge in [0.25, 0.3) is 0 Å². The molecule has 2 N–H and O–H groups in total. The van der Waals surface area contributed by atoms with E-state index in [0.717, 1.165) is 5.56 Å². The van der Waals surface area contributed by atoms with E-state index in [2.05, 4.69) is 5.32 Å². The Balaban J connectivity index is 2.58. The molecule has 0 bridgehead atoms. The molecule has 6 nitrogen and oxygen atoms in total. The van der Waals surface area contributed by atoms with Gasteiger partial charge in [0.2, 0.25) is 0 Å². The summed E-state index contributed by atoms with van der Waals surface area (Å²) in [6, 6.07) is 9.38. The Bertz CT molecular complexity index is 449. The molecule has 0 unspecified atom stereocenters. The zero-order valence-electron chi connectivity index (χ0n) is 12.6. The fourth-order valence-corrected chi connectivity index (χ4v) is 1.79. The predicted octanol–water partition coefficient (Wildman–Crippen LogP) is -0.315. The predicted molar refractivity (Wildman–Crippen MR) is 80.5 cm³/mol. The zero-order chi connectivity index (χ0) is 15.7. The number of hydrogen-bond donors (Lipinski definition) is 2. The van der Waals surface area contributed by atoms with E-state index in [9.17, 15) is 9.59 Å². The Morgan fingerprint density at radius 2 is 1.81 bits per heavy atom. The van der Waals surface area contributed by atoms with Gasteiger partial charge >= 0.3 is 11.8 Å². The van der Waals surface area contributed by atoms with Gasteiger partial charge in [-0.25, -0.2) is 0 Å². The number of amides is 2. The Morgan fingerprint density at radius 3 is 2.38 bits per heavy atom. The molecule has 0 fully saturated rings. The minimum absolute atomic E-state index is 0.134. The maximum atomic E-state index is 12.1. The van der Waals surface area contributed by atoms with Gasteiger partial charge in [0.05, 0.1) is 6.61 Å². The van der Waals surface area contributed by atoms with Crippen molar-refractivity contribution in [2.45, 2.75) is 6.54 Å². The molecule has 0 radical (unpaired) electrons. The number of likely N-dealkylation sites (N-methyl/N-ethyl adjacent to an activating group) is 1. The van der Waals surface area contributed by atoms with Crippen LogP contribution >= 0.6 is 0 Å². The third-order valence-corrected chi connectivity index (χ3v) is 2.91. The van der Waals surface area contributed by atoms with Crippen molar-refractivity contribution in [3.8, 4) is 0 Å². The Labute approximate surface area is 125 Å². The molecule has 0 saturated heterocycles. The van der Waals surface area contributed by atoms with Crippen LogP contribution in [-0.4, -0.2) is 67.1 Å². The second-order valence-corrected chi connectivity index (χ2v) is 5.00. The molecule has 1 rings (SSSR count). The van der Waals surface area contributed by atoms with Crippen molar-refractivity contribution in [1.29, 1.82) is 0 Å². The van der Waals surface area contributed by atoms with Gasteiger partial charge in [-0.1, -0.05) is 30.3 Å². The second kappa shape index (κ2) is 9.10. The molecule has 116 valence electrons. The van der Waals surface area contributed by atoms with Crippen LogP contribution < -0.4 is 5.32 Å². The number of nitrogens with zero attached hydrogens (tertiary/aromatic N) is 2. The number of aliphatic hydroxyl groups is 1. The largest absolute Gasteiger partial charge is 0.395 e. The summed E-state index contributed by atoms with van der Waals surface area (Å²) in [4.78, 5) is 27.2. The van der Waals surface area contributed by atoms with Crippen LogP contribution in [0.2, 0.25) is 0 Å². The molecule has 0 spiro atoms. The van der Waals surface area contributed by atoms with E-state index < -0.39 is 11.8 Å². The number of benzene rings is 1. The van der Waals surface area contributed by atoms with Crippen molar-refractivity contribution < 1.29 is 14.7 Å². The fraction of sp³-hybridized carbons (Fsp3) is 0.467. The van der Waals surface area contributed by atoms with Crippen LogP contribution in [0.5, 0.6) is 0 Å². The normalized spacial score (nSPS) is 10.5. The SMILES string of the molecule is CN(C)CCNC(=O)C(=O)N(CCO)Cc1ccccc1. The molecule has 1 aromatic rings. The second-order valence-electron chi connectivity index (χ2n) is 5.00. The van der Waals surface area contributed by atoms with Crippen LogP contribution in [0.25, 0.3) is 0 Å². The number of carbonyl (C=O) groups excluding carboxylic acids is 2. The summed E-state index contributed by atoms with van der Waals surface area (Å²) < 4.78 is 0. The van der Waals surface area contributed by atoms with Crippen molar-refractivity contribution in [3.05, 3.63) is 35.9 Å². The lowest BCUT2D eigenvalue weighted by Gasteiger charge is -2.21. The smallest absolute Gasteiger partial charge is 0.312 e. The summed E-state index contributed by atoms with van der Waals surface area (Å²) in [5.74, 6) is -1.26. The monoisotopic (exact) mass is 293 g/mol. The number of carbonyl (C=O) groups is 2. The minimum atomic E-state index is -0.638. The molecular weight excluding hydrogens is 270 g/mol. The highest BCUT2D eigenvalue weighted by atomic mass is 16.3. The van der Waals surface area contributed by atoms with E-state index in [4.69, 9.17) is 5.11 Å². The summed E-state index contributed by atoms with van der Waals surface area (Å²) in [6.07, 6.45) is 0. The zero-order valence-corrected chi connectivity index (χ0v) is 12.6. The molecule has 0 atom stereocenters. The van der Waals surface area contributed by atoms with E-state index >= 15 is 0 Å². The average Bonchev–Trinajstić information content (AvgIpc) is 2.46. The molecule has 0 heterocycles. The number of hydrogen-bond acceptors (Lipinski definition) is 4. The average molecular weight is 293 g/mol. The first-order valence-electron chi connectivity index (χ1n) is 6.91. The van der Waals surface area contributed by atoms with Crippen molar-refractivity contribution in [1.82, 2.24) is 15.1 Å². The van der Waals surface area contributed by atoms with Crippen LogP contribution in [0.15, 0.2) is 30.3 Å². The van der Waals surface area contributed by atoms with Crippen LogP contribution in [-0.2, 0) is 16.1 Å². The topological polar surface area (TPSA) is 72.9 Å². The minimum Gasteiger partial charge on any atom is -0.395 e. The molecule has 0 aliphatic carbocycles. The molecule has 0 aliphatic heterocycles. The fourth-order valence-electron chi connectivity index (χ4n) is 1.79. The molecule has 0 aliphatic rings. The summed E-state index contributed by atoms with van der Waals surface area (Å²) in [7, 11) is 3.78. The van der Waals surface area contributed by atoms with Crippen molar-refractivity contribution in [2.75, 3.05) is 40.3 Å². The summed E-state index contributed by atoms with van der Waals surface area (Å²) in [6.45, 7) is 1.34. The maximum Gasteiger partial charge on any atom is 0.312 e. The van der Waals surface area contributed by atoms with Gasteiger partial charge < -0.3 is 20.2 Å². The molecule has 0 aromatic heterocycles. The van der Waals surface area contributed by atoms with Crippen molar-refractivity contribution in [2.24, 2.45) is 0 Å². The van der Waals surface area contributed by atoms with Gasteiger partial charge in [-0.3, -0.25) is 9.59 Å². The Morgan fingerprint density at radius 1 is 1.14 bits per heavy atom. The van der Waals surface area contributed by atoms with Crippen LogP contribution in [0.4, 0.5) is 0 Å². The highest BCUT2D eigenvalue weighted by Gasteiger charge is 2.21. The lowest BCUT2D eigenvalue weighted by molar-refractivity contribution is -0.146. The lowest BCUT2D eigenvalue weighted by atomic mass is 10.2. The molecule has 2 amide bonds.